The molecule has 0 saturated carbocycles. The summed E-state index contributed by atoms with van der Waals surface area (Å²) in [5.74, 6) is 1.36. The van der Waals surface area contributed by atoms with Crippen LogP contribution in [0.15, 0.2) is 58.0 Å². The molecule has 0 bridgehead atoms. The Morgan fingerprint density at radius 1 is 1.30 bits per heavy atom. The molecule has 0 radical (unpaired) electrons. The molecule has 0 atom stereocenters. The second-order valence-electron chi connectivity index (χ2n) is 5.55. The van der Waals surface area contributed by atoms with Gasteiger partial charge in [-0.1, -0.05) is 23.9 Å². The lowest BCUT2D eigenvalue weighted by Gasteiger charge is -2.03. The van der Waals surface area contributed by atoms with Crippen LogP contribution >= 0.6 is 23.1 Å². The van der Waals surface area contributed by atoms with E-state index in [1.165, 1.54) is 23.1 Å². The zero-order valence-electron chi connectivity index (χ0n) is 14.2. The third-order valence-corrected chi connectivity index (χ3v) is 5.91. The number of rotatable bonds is 5. The predicted molar refractivity (Wildman–Crippen MR) is 104 cm³/mol. The first-order valence-electron chi connectivity index (χ1n) is 7.91. The van der Waals surface area contributed by atoms with Crippen molar-refractivity contribution in [2.45, 2.75) is 5.16 Å². The highest BCUT2D eigenvalue weighted by Crippen LogP contribution is 2.30. The normalized spacial score (nSPS) is 12.1. The van der Waals surface area contributed by atoms with E-state index in [9.17, 15) is 10.4 Å². The van der Waals surface area contributed by atoms with Crippen LogP contribution in [0, 0.1) is 11.3 Å². The molecule has 134 valence electrons. The van der Waals surface area contributed by atoms with Crippen LogP contribution in [0.5, 0.6) is 0 Å². The number of thiazole rings is 1. The number of aromatic nitrogens is 4. The minimum atomic E-state index is -0.0379. The largest absolute Gasteiger partial charge is 0.510 e. The van der Waals surface area contributed by atoms with Gasteiger partial charge in [-0.25, -0.2) is 4.98 Å². The number of para-hydroxylation sites is 1. The number of allylic oxidation sites excluding steroid dienone is 1. The smallest absolute Gasteiger partial charge is 0.200 e. The summed E-state index contributed by atoms with van der Waals surface area (Å²) in [6, 6.07) is 13.3. The van der Waals surface area contributed by atoms with Gasteiger partial charge in [-0.05, 0) is 24.3 Å². The van der Waals surface area contributed by atoms with Crippen LogP contribution in [0.25, 0.3) is 27.4 Å². The van der Waals surface area contributed by atoms with E-state index < -0.39 is 0 Å². The molecule has 7 nitrogen and oxygen atoms in total. The Labute approximate surface area is 162 Å². The predicted octanol–water partition coefficient (Wildman–Crippen LogP) is 4.27. The fourth-order valence-electron chi connectivity index (χ4n) is 2.48. The van der Waals surface area contributed by atoms with Gasteiger partial charge in [-0.2, -0.15) is 5.26 Å². The maximum absolute atomic E-state index is 10.5. The molecule has 0 saturated heterocycles. The molecule has 4 rings (SSSR count). The summed E-state index contributed by atoms with van der Waals surface area (Å²) in [7, 11) is 1.82. The van der Waals surface area contributed by atoms with Crippen LogP contribution in [0.3, 0.4) is 0 Å². The number of aliphatic hydroxyl groups excluding tert-OH is 1. The van der Waals surface area contributed by atoms with E-state index >= 15 is 0 Å². The quantitative estimate of drug-likeness (QED) is 0.306. The Morgan fingerprint density at radius 3 is 2.89 bits per heavy atom. The van der Waals surface area contributed by atoms with Gasteiger partial charge in [0, 0.05) is 7.05 Å². The van der Waals surface area contributed by atoms with E-state index in [0.29, 0.717) is 21.7 Å². The molecule has 0 amide bonds. The monoisotopic (exact) mass is 395 g/mol. The number of nitrogens with zero attached hydrogens (tertiary/aromatic N) is 5. The first-order valence-corrected chi connectivity index (χ1v) is 9.72. The van der Waals surface area contributed by atoms with Gasteiger partial charge in [0.05, 0.1) is 22.2 Å². The zero-order chi connectivity index (χ0) is 18.8. The lowest BCUT2D eigenvalue weighted by atomic mass is 10.2. The molecule has 3 aromatic heterocycles. The third-order valence-electron chi connectivity index (χ3n) is 3.82. The van der Waals surface area contributed by atoms with Crippen molar-refractivity contribution in [3.63, 3.8) is 0 Å². The Bertz CT molecular complexity index is 1140. The summed E-state index contributed by atoms with van der Waals surface area (Å²) in [6.07, 6.45) is 1.57. The first-order chi connectivity index (χ1) is 13.2. The minimum Gasteiger partial charge on any atom is -0.510 e. The van der Waals surface area contributed by atoms with Crippen LogP contribution in [0.1, 0.15) is 5.01 Å². The van der Waals surface area contributed by atoms with E-state index in [0.717, 1.165) is 10.2 Å². The minimum absolute atomic E-state index is 0.0379. The van der Waals surface area contributed by atoms with Crippen LogP contribution in [-0.2, 0) is 7.05 Å². The molecule has 27 heavy (non-hydrogen) atoms. The summed E-state index contributed by atoms with van der Waals surface area (Å²) >= 11 is 2.66. The van der Waals surface area contributed by atoms with Gasteiger partial charge in [-0.15, -0.1) is 21.5 Å². The second kappa shape index (κ2) is 7.26. The van der Waals surface area contributed by atoms with E-state index in [4.69, 9.17) is 4.42 Å². The van der Waals surface area contributed by atoms with Crippen LogP contribution in [-0.4, -0.2) is 30.6 Å². The van der Waals surface area contributed by atoms with Gasteiger partial charge in [0.1, 0.15) is 22.4 Å². The highest BCUT2D eigenvalue weighted by atomic mass is 32.2. The average molecular weight is 395 g/mol. The van der Waals surface area contributed by atoms with Crippen LogP contribution < -0.4 is 0 Å². The molecular formula is C18H13N5O2S2. The van der Waals surface area contributed by atoms with Crippen molar-refractivity contribution in [3.05, 3.63) is 53.4 Å². The van der Waals surface area contributed by atoms with E-state index in [1.54, 1.807) is 23.0 Å². The average Bonchev–Trinajstić information content (AvgIpc) is 3.40. The summed E-state index contributed by atoms with van der Waals surface area (Å²) in [4.78, 5) is 4.44. The SMILES string of the molecule is Cn1c(SC/C(O)=C(\C#N)c2nc3ccccc3s2)nnc1-c1ccco1. The van der Waals surface area contributed by atoms with Crippen molar-refractivity contribution in [3.8, 4) is 17.7 Å². The van der Waals surface area contributed by atoms with Gasteiger partial charge in [0.25, 0.3) is 0 Å². The molecule has 0 aliphatic heterocycles. The molecule has 1 N–H and O–H groups in total. The fraction of sp³-hybridized carbons (Fsp3) is 0.111. The number of hydrogen-bond donors (Lipinski definition) is 1. The van der Waals surface area contributed by atoms with Gasteiger partial charge in [-0.3, -0.25) is 0 Å². The van der Waals surface area contributed by atoms with Gasteiger partial charge >= 0.3 is 0 Å². The molecule has 9 heteroatoms. The molecule has 0 fully saturated rings. The van der Waals surface area contributed by atoms with Crippen molar-refractivity contribution >= 4 is 38.9 Å². The highest BCUT2D eigenvalue weighted by molar-refractivity contribution is 7.99. The lowest BCUT2D eigenvalue weighted by Crippen LogP contribution is -1.97. The Kier molecular flexibility index (Phi) is 4.66. The Morgan fingerprint density at radius 2 is 2.15 bits per heavy atom. The molecule has 1 aromatic carbocycles. The topological polar surface area (TPSA) is 101 Å². The molecule has 0 unspecified atom stereocenters. The third kappa shape index (κ3) is 3.32. The van der Waals surface area contributed by atoms with Crippen molar-refractivity contribution < 1.29 is 9.52 Å². The number of aliphatic hydroxyl groups is 1. The van der Waals surface area contributed by atoms with Gasteiger partial charge in [0.2, 0.25) is 0 Å². The molecule has 0 aliphatic carbocycles. The number of nitriles is 1. The summed E-state index contributed by atoms with van der Waals surface area (Å²) in [6.45, 7) is 0. The van der Waals surface area contributed by atoms with Crippen molar-refractivity contribution in [1.82, 2.24) is 19.7 Å². The van der Waals surface area contributed by atoms with E-state index in [2.05, 4.69) is 21.3 Å². The van der Waals surface area contributed by atoms with Gasteiger partial charge in [0.15, 0.2) is 16.7 Å². The summed E-state index contributed by atoms with van der Waals surface area (Å²) in [5.41, 5.74) is 0.985. The number of hydrogen-bond acceptors (Lipinski definition) is 8. The Balaban J connectivity index is 1.57. The highest BCUT2D eigenvalue weighted by Gasteiger charge is 2.17. The maximum Gasteiger partial charge on any atom is 0.200 e. The summed E-state index contributed by atoms with van der Waals surface area (Å²) < 4.78 is 8.09. The van der Waals surface area contributed by atoms with E-state index in [-0.39, 0.29) is 17.1 Å². The number of benzene rings is 1. The standard InChI is InChI=1S/C18H13N5O2S2/c1-23-16(14-6-4-8-25-14)21-22-18(23)26-10-13(24)11(9-19)17-20-12-5-2-3-7-15(12)27-17/h2-8,24H,10H2,1H3/b13-11-. The van der Waals surface area contributed by atoms with Crippen molar-refractivity contribution in [2.75, 3.05) is 5.75 Å². The lowest BCUT2D eigenvalue weighted by molar-refractivity contribution is 0.420. The number of fused-ring (bicyclic) bond motifs is 1. The van der Waals surface area contributed by atoms with E-state index in [1.807, 2.05) is 31.3 Å². The van der Waals surface area contributed by atoms with Crippen LogP contribution in [0.4, 0.5) is 0 Å². The van der Waals surface area contributed by atoms with Gasteiger partial charge < -0.3 is 14.1 Å². The molecule has 0 spiro atoms. The molecule has 3 heterocycles. The Hall–Kier alpha value is -3.09. The van der Waals surface area contributed by atoms with Crippen molar-refractivity contribution in [1.29, 1.82) is 5.26 Å². The fourth-order valence-corrected chi connectivity index (χ4v) is 4.25. The van der Waals surface area contributed by atoms with Crippen molar-refractivity contribution in [2.24, 2.45) is 7.05 Å². The first kappa shape index (κ1) is 17.3. The molecule has 0 aliphatic rings. The molecule has 4 aromatic rings. The number of thioether (sulfide) groups is 1. The summed E-state index contributed by atoms with van der Waals surface area (Å²) in [5, 5.41) is 29.3. The zero-order valence-corrected chi connectivity index (χ0v) is 15.8. The maximum atomic E-state index is 10.5. The van der Waals surface area contributed by atoms with Crippen LogP contribution in [0.2, 0.25) is 0 Å². The second-order valence-corrected chi connectivity index (χ2v) is 7.52. The number of furan rings is 1. The molecular weight excluding hydrogens is 382 g/mol.